The molecule has 1 aromatic heterocycles. The number of benzene rings is 1. The lowest BCUT2D eigenvalue weighted by atomic mass is 10.1. The summed E-state index contributed by atoms with van der Waals surface area (Å²) in [5.74, 6) is 0. The van der Waals surface area contributed by atoms with Gasteiger partial charge in [0, 0.05) is 16.7 Å². The summed E-state index contributed by atoms with van der Waals surface area (Å²) in [5, 5.41) is 0. The van der Waals surface area contributed by atoms with Gasteiger partial charge in [-0.2, -0.15) is 0 Å². The highest BCUT2D eigenvalue weighted by Crippen LogP contribution is 2.27. The second-order valence-corrected chi connectivity index (χ2v) is 3.64. The number of aromatic nitrogens is 2. The van der Waals surface area contributed by atoms with E-state index in [1.54, 1.807) is 24.3 Å². The molecule has 70 valence electrons. The van der Waals surface area contributed by atoms with Crippen LogP contribution in [0.3, 0.4) is 0 Å². The van der Waals surface area contributed by atoms with E-state index in [4.69, 9.17) is 0 Å². The van der Waals surface area contributed by atoms with Crippen molar-refractivity contribution in [2.75, 3.05) is 6.26 Å². The molecule has 2 nitrogen and oxygen atoms in total. The molecule has 0 unspecified atom stereocenters. The first-order valence-electron chi connectivity index (χ1n) is 4.31. The zero-order valence-electron chi connectivity index (χ0n) is 7.84. The van der Waals surface area contributed by atoms with Crippen molar-refractivity contribution in [1.29, 1.82) is 0 Å². The summed E-state index contributed by atoms with van der Waals surface area (Å²) in [6, 6.07) is 10.2. The normalized spacial score (nSPS) is 10.1. The summed E-state index contributed by atoms with van der Waals surface area (Å²) >= 11 is 1.73. The first-order chi connectivity index (χ1) is 6.92. The Hall–Kier alpha value is -1.35. The predicted octanol–water partition coefficient (Wildman–Crippen LogP) is 2.87. The second-order valence-electron chi connectivity index (χ2n) is 2.79. The lowest BCUT2D eigenvalue weighted by Gasteiger charge is -2.04. The molecule has 0 saturated heterocycles. The predicted molar refractivity (Wildman–Crippen MR) is 59.2 cm³/mol. The van der Waals surface area contributed by atoms with Crippen molar-refractivity contribution in [2.24, 2.45) is 0 Å². The lowest BCUT2D eigenvalue weighted by Crippen LogP contribution is -1.85. The molecule has 0 saturated carbocycles. The van der Waals surface area contributed by atoms with Crippen LogP contribution in [0.15, 0.2) is 47.8 Å². The molecule has 0 bridgehead atoms. The van der Waals surface area contributed by atoms with Gasteiger partial charge in [0.1, 0.15) is 6.33 Å². The topological polar surface area (TPSA) is 25.8 Å². The molecule has 14 heavy (non-hydrogen) atoms. The van der Waals surface area contributed by atoms with E-state index in [1.807, 2.05) is 18.2 Å². The molecule has 1 aromatic carbocycles. The van der Waals surface area contributed by atoms with Gasteiger partial charge in [0.05, 0.1) is 5.69 Å². The first kappa shape index (κ1) is 9.21. The minimum atomic E-state index is 0.977. The maximum absolute atomic E-state index is 4.23. The molecular weight excluding hydrogens is 192 g/mol. The Labute approximate surface area is 87.4 Å². The molecule has 0 spiro atoms. The Kier molecular flexibility index (Phi) is 2.79. The van der Waals surface area contributed by atoms with Crippen LogP contribution < -0.4 is 0 Å². The number of thioether (sulfide) groups is 1. The van der Waals surface area contributed by atoms with Gasteiger partial charge < -0.3 is 0 Å². The van der Waals surface area contributed by atoms with Gasteiger partial charge in [0.2, 0.25) is 0 Å². The van der Waals surface area contributed by atoms with Crippen LogP contribution in [0, 0.1) is 0 Å². The van der Waals surface area contributed by atoms with E-state index in [2.05, 4.69) is 28.4 Å². The Morgan fingerprint density at radius 1 is 1.14 bits per heavy atom. The van der Waals surface area contributed by atoms with Gasteiger partial charge in [-0.1, -0.05) is 18.2 Å². The summed E-state index contributed by atoms with van der Waals surface area (Å²) in [4.78, 5) is 9.38. The van der Waals surface area contributed by atoms with Crippen molar-refractivity contribution in [3.63, 3.8) is 0 Å². The van der Waals surface area contributed by atoms with Crippen LogP contribution in [0.2, 0.25) is 0 Å². The van der Waals surface area contributed by atoms with Crippen LogP contribution >= 0.6 is 11.8 Å². The van der Waals surface area contributed by atoms with Gasteiger partial charge in [-0.15, -0.1) is 11.8 Å². The summed E-state index contributed by atoms with van der Waals surface area (Å²) < 4.78 is 0. The standard InChI is InChI=1S/C11H10N2S/c1-14-11-5-3-2-4-9(11)10-6-7-12-8-13-10/h2-8H,1H3. The molecule has 0 atom stereocenters. The second kappa shape index (κ2) is 4.24. The van der Waals surface area contributed by atoms with Crippen LogP contribution in [-0.2, 0) is 0 Å². The van der Waals surface area contributed by atoms with E-state index in [1.165, 1.54) is 10.5 Å². The summed E-state index contributed by atoms with van der Waals surface area (Å²) in [6.07, 6.45) is 5.41. The molecule has 1 heterocycles. The summed E-state index contributed by atoms with van der Waals surface area (Å²) in [6.45, 7) is 0. The quantitative estimate of drug-likeness (QED) is 0.700. The molecule has 0 fully saturated rings. The van der Waals surface area contributed by atoms with Crippen LogP contribution in [0.4, 0.5) is 0 Å². The Morgan fingerprint density at radius 2 is 2.00 bits per heavy atom. The lowest BCUT2D eigenvalue weighted by molar-refractivity contribution is 1.16. The Balaban J connectivity index is 2.51. The molecule has 3 heteroatoms. The van der Waals surface area contributed by atoms with Crippen molar-refractivity contribution in [1.82, 2.24) is 9.97 Å². The largest absolute Gasteiger partial charge is 0.245 e. The van der Waals surface area contributed by atoms with Crippen LogP contribution in [0.25, 0.3) is 11.3 Å². The molecule has 0 amide bonds. The fraction of sp³-hybridized carbons (Fsp3) is 0.0909. The minimum Gasteiger partial charge on any atom is -0.245 e. The van der Waals surface area contributed by atoms with Crippen molar-refractivity contribution in [3.8, 4) is 11.3 Å². The monoisotopic (exact) mass is 202 g/mol. The Bertz CT molecular complexity index is 415. The van der Waals surface area contributed by atoms with Gasteiger partial charge in [0.25, 0.3) is 0 Å². The SMILES string of the molecule is CSc1ccccc1-c1ccncn1. The highest BCUT2D eigenvalue weighted by atomic mass is 32.2. The van der Waals surface area contributed by atoms with E-state index >= 15 is 0 Å². The third-order valence-electron chi connectivity index (χ3n) is 1.96. The zero-order chi connectivity index (χ0) is 9.80. The number of hydrogen-bond donors (Lipinski definition) is 0. The highest BCUT2D eigenvalue weighted by molar-refractivity contribution is 7.98. The van der Waals surface area contributed by atoms with E-state index in [-0.39, 0.29) is 0 Å². The zero-order valence-corrected chi connectivity index (χ0v) is 8.66. The molecule has 2 rings (SSSR count). The minimum absolute atomic E-state index is 0.977. The van der Waals surface area contributed by atoms with E-state index in [0.29, 0.717) is 0 Å². The molecule has 0 N–H and O–H groups in total. The number of nitrogens with zero attached hydrogens (tertiary/aromatic N) is 2. The molecule has 0 aliphatic carbocycles. The molecule has 2 aromatic rings. The van der Waals surface area contributed by atoms with Crippen molar-refractivity contribution >= 4 is 11.8 Å². The van der Waals surface area contributed by atoms with Gasteiger partial charge in [-0.25, -0.2) is 9.97 Å². The highest BCUT2D eigenvalue weighted by Gasteiger charge is 2.03. The van der Waals surface area contributed by atoms with Crippen LogP contribution in [-0.4, -0.2) is 16.2 Å². The van der Waals surface area contributed by atoms with Gasteiger partial charge in [-0.05, 0) is 18.4 Å². The molecule has 0 aliphatic rings. The number of rotatable bonds is 2. The van der Waals surface area contributed by atoms with Crippen LogP contribution in [0.5, 0.6) is 0 Å². The van der Waals surface area contributed by atoms with Crippen molar-refractivity contribution < 1.29 is 0 Å². The average molecular weight is 202 g/mol. The van der Waals surface area contributed by atoms with Crippen LogP contribution in [0.1, 0.15) is 0 Å². The maximum atomic E-state index is 4.23. The third kappa shape index (κ3) is 1.77. The average Bonchev–Trinajstić information content (AvgIpc) is 2.30. The summed E-state index contributed by atoms with van der Waals surface area (Å²) in [5.41, 5.74) is 2.15. The smallest absolute Gasteiger partial charge is 0.116 e. The maximum Gasteiger partial charge on any atom is 0.116 e. The first-order valence-corrected chi connectivity index (χ1v) is 5.53. The van der Waals surface area contributed by atoms with E-state index < -0.39 is 0 Å². The van der Waals surface area contributed by atoms with Gasteiger partial charge in [0.15, 0.2) is 0 Å². The molecular formula is C11H10N2S. The van der Waals surface area contributed by atoms with Crippen molar-refractivity contribution in [2.45, 2.75) is 4.90 Å². The third-order valence-corrected chi connectivity index (χ3v) is 2.76. The summed E-state index contributed by atoms with van der Waals surface area (Å²) in [7, 11) is 0. The fourth-order valence-electron chi connectivity index (χ4n) is 1.31. The van der Waals surface area contributed by atoms with Gasteiger partial charge in [-0.3, -0.25) is 0 Å². The van der Waals surface area contributed by atoms with Gasteiger partial charge >= 0.3 is 0 Å². The van der Waals surface area contributed by atoms with E-state index in [9.17, 15) is 0 Å². The van der Waals surface area contributed by atoms with Crippen molar-refractivity contribution in [3.05, 3.63) is 42.9 Å². The van der Waals surface area contributed by atoms with E-state index in [0.717, 1.165) is 5.69 Å². The number of hydrogen-bond acceptors (Lipinski definition) is 3. The fourth-order valence-corrected chi connectivity index (χ4v) is 1.91. The molecule has 0 aliphatic heterocycles. The molecule has 0 radical (unpaired) electrons. The Morgan fingerprint density at radius 3 is 2.71 bits per heavy atom.